The Hall–Kier alpha value is 0. The van der Waals surface area contributed by atoms with E-state index in [9.17, 15) is 0 Å². The Balaban J connectivity index is 0. The van der Waals surface area contributed by atoms with Crippen molar-refractivity contribution in [2.24, 2.45) is 0 Å². The summed E-state index contributed by atoms with van der Waals surface area (Å²) in [5.41, 5.74) is 0. The van der Waals surface area contributed by atoms with Crippen LogP contribution < -0.4 is 0 Å². The molecule has 0 amide bonds. The van der Waals surface area contributed by atoms with Gasteiger partial charge in [-0.15, -0.1) is 0 Å². The van der Waals surface area contributed by atoms with Crippen LogP contribution in [0.3, 0.4) is 0 Å². The van der Waals surface area contributed by atoms with Gasteiger partial charge in [0.2, 0.25) is 0 Å². The molecule has 0 bridgehead atoms. The fourth-order valence-corrected chi connectivity index (χ4v) is 2.12. The highest BCUT2D eigenvalue weighted by molar-refractivity contribution is 4.51. The maximum atomic E-state index is 1.50. The molecular weight excluding hydrogens is 168 g/mol. The van der Waals surface area contributed by atoms with Gasteiger partial charge in [-0.2, -0.15) is 0 Å². The van der Waals surface area contributed by atoms with E-state index >= 15 is 0 Å². The molecule has 2 rings (SSSR count). The Morgan fingerprint density at radius 2 is 0.286 bits per heavy atom. The number of hydrogen-bond acceptors (Lipinski definition) is 0. The first-order valence-electron chi connectivity index (χ1n) is 6.00. The van der Waals surface area contributed by atoms with Crippen LogP contribution >= 0.6 is 0 Å². The molecule has 2 aliphatic rings. The zero-order valence-corrected chi connectivity index (χ0v) is 8.49. The lowest BCUT2D eigenvalue weighted by Gasteiger charge is -2.05. The summed E-state index contributed by atoms with van der Waals surface area (Å²) in [5.74, 6) is 0. The Labute approximate surface area is 92.5 Å². The molecule has 2 saturated carbocycles. The standard InChI is InChI=1S/2C6H12.2CH4/c2*1-2-4-6-5-3-1;;/h2*1-6H2;2*1H4. The van der Waals surface area contributed by atoms with E-state index in [1.807, 2.05) is 0 Å². The van der Waals surface area contributed by atoms with E-state index in [4.69, 9.17) is 0 Å². The van der Waals surface area contributed by atoms with Gasteiger partial charge in [-0.3, -0.25) is 0 Å². The second-order valence-electron chi connectivity index (χ2n) is 4.24. The Kier molecular flexibility index (Phi) is 15.3. The second kappa shape index (κ2) is 13.0. The van der Waals surface area contributed by atoms with Crippen molar-refractivity contribution in [3.8, 4) is 0 Å². The van der Waals surface area contributed by atoms with Crippen molar-refractivity contribution < 1.29 is 0 Å². The highest BCUT2D eigenvalue weighted by atomic mass is 14.0. The van der Waals surface area contributed by atoms with Crippen LogP contribution in [0.4, 0.5) is 0 Å². The van der Waals surface area contributed by atoms with Crippen molar-refractivity contribution in [2.75, 3.05) is 0 Å². The Morgan fingerprint density at radius 1 is 0.214 bits per heavy atom. The highest BCUT2D eigenvalue weighted by Gasteiger charge is 1.96. The molecule has 88 valence electrons. The van der Waals surface area contributed by atoms with Crippen molar-refractivity contribution in [2.45, 2.75) is 91.9 Å². The normalized spacial score (nSPS) is 20.6. The van der Waals surface area contributed by atoms with Gasteiger partial charge in [-0.1, -0.05) is 91.9 Å². The summed E-state index contributed by atoms with van der Waals surface area (Å²) in [6.07, 6.45) is 18.0. The summed E-state index contributed by atoms with van der Waals surface area (Å²) in [6, 6.07) is 0. The Bertz CT molecular complexity index is 43.0. The first-order valence-corrected chi connectivity index (χ1v) is 6.00. The van der Waals surface area contributed by atoms with Crippen LogP contribution in [0.25, 0.3) is 0 Å². The van der Waals surface area contributed by atoms with Crippen LogP contribution in [-0.2, 0) is 0 Å². The minimum Gasteiger partial charge on any atom is -0.0776 e. The molecule has 0 spiro atoms. The molecule has 0 aromatic carbocycles. The summed E-state index contributed by atoms with van der Waals surface area (Å²) in [5, 5.41) is 0. The first-order chi connectivity index (χ1) is 6.00. The van der Waals surface area contributed by atoms with Gasteiger partial charge in [-0.25, -0.2) is 0 Å². The van der Waals surface area contributed by atoms with Gasteiger partial charge < -0.3 is 0 Å². The van der Waals surface area contributed by atoms with Crippen molar-refractivity contribution in [3.63, 3.8) is 0 Å². The molecule has 0 nitrogen and oxygen atoms in total. The van der Waals surface area contributed by atoms with Crippen molar-refractivity contribution in [3.05, 3.63) is 0 Å². The molecule has 2 aliphatic carbocycles. The van der Waals surface area contributed by atoms with Gasteiger partial charge in [0.15, 0.2) is 0 Å². The first kappa shape index (κ1) is 16.4. The van der Waals surface area contributed by atoms with Gasteiger partial charge >= 0.3 is 0 Å². The zero-order chi connectivity index (χ0) is 8.49. The van der Waals surface area contributed by atoms with E-state index < -0.39 is 0 Å². The smallest absolute Gasteiger partial charge is 0.0533 e. The van der Waals surface area contributed by atoms with Crippen LogP contribution in [0.2, 0.25) is 0 Å². The third kappa shape index (κ3) is 10.1. The van der Waals surface area contributed by atoms with Gasteiger partial charge in [-0.05, 0) is 0 Å². The minimum atomic E-state index is 0. The van der Waals surface area contributed by atoms with Crippen LogP contribution in [0.15, 0.2) is 0 Å². The molecule has 2 fully saturated rings. The summed E-state index contributed by atoms with van der Waals surface area (Å²) in [4.78, 5) is 0. The maximum absolute atomic E-state index is 1.50. The van der Waals surface area contributed by atoms with E-state index in [0.29, 0.717) is 0 Å². The lowest BCUT2D eigenvalue weighted by Crippen LogP contribution is -1.85. The fourth-order valence-electron chi connectivity index (χ4n) is 2.12. The molecule has 0 N–H and O–H groups in total. The predicted molar refractivity (Wildman–Crippen MR) is 68.9 cm³/mol. The molecule has 0 heterocycles. The summed E-state index contributed by atoms with van der Waals surface area (Å²) in [6.45, 7) is 0. The second-order valence-corrected chi connectivity index (χ2v) is 4.24. The topological polar surface area (TPSA) is 0 Å². The highest BCUT2D eigenvalue weighted by Crippen LogP contribution is 2.15. The Morgan fingerprint density at radius 3 is 0.357 bits per heavy atom. The van der Waals surface area contributed by atoms with Crippen molar-refractivity contribution in [1.82, 2.24) is 0 Å². The third-order valence-electron chi connectivity index (χ3n) is 3.00. The van der Waals surface area contributed by atoms with E-state index in [1.54, 1.807) is 0 Å². The monoisotopic (exact) mass is 200 g/mol. The van der Waals surface area contributed by atoms with Crippen LogP contribution in [0, 0.1) is 0 Å². The van der Waals surface area contributed by atoms with E-state index in [2.05, 4.69) is 0 Å². The predicted octanol–water partition coefficient (Wildman–Crippen LogP) is 5.95. The maximum Gasteiger partial charge on any atom is -0.0533 e. The molecule has 0 heteroatoms. The summed E-state index contributed by atoms with van der Waals surface area (Å²) in [7, 11) is 0. The number of hydrogen-bond donors (Lipinski definition) is 0. The SMILES string of the molecule is C.C.C1CCCCC1.C1CCCCC1. The van der Waals surface area contributed by atoms with E-state index in [0.717, 1.165) is 0 Å². The molecule has 0 atom stereocenters. The zero-order valence-electron chi connectivity index (χ0n) is 8.49. The van der Waals surface area contributed by atoms with Gasteiger partial charge in [0.05, 0.1) is 0 Å². The van der Waals surface area contributed by atoms with Gasteiger partial charge in [0, 0.05) is 0 Å². The number of rotatable bonds is 0. The molecular formula is C14H32. The molecule has 14 heavy (non-hydrogen) atoms. The average Bonchev–Trinajstić information content (AvgIpc) is 2.24. The molecule has 0 aromatic heterocycles. The van der Waals surface area contributed by atoms with Gasteiger partial charge in [0.25, 0.3) is 0 Å². The van der Waals surface area contributed by atoms with E-state index in [-0.39, 0.29) is 14.9 Å². The summed E-state index contributed by atoms with van der Waals surface area (Å²) < 4.78 is 0. The van der Waals surface area contributed by atoms with Crippen LogP contribution in [0.5, 0.6) is 0 Å². The molecule has 0 aromatic rings. The van der Waals surface area contributed by atoms with Crippen LogP contribution in [0.1, 0.15) is 91.9 Å². The molecule has 0 unspecified atom stereocenters. The molecule has 0 radical (unpaired) electrons. The lowest BCUT2D eigenvalue weighted by molar-refractivity contribution is 0.504. The molecule has 0 saturated heterocycles. The van der Waals surface area contributed by atoms with Crippen LogP contribution in [-0.4, -0.2) is 0 Å². The quantitative estimate of drug-likeness (QED) is 0.453. The van der Waals surface area contributed by atoms with Gasteiger partial charge in [0.1, 0.15) is 0 Å². The summed E-state index contributed by atoms with van der Waals surface area (Å²) >= 11 is 0. The van der Waals surface area contributed by atoms with E-state index in [1.165, 1.54) is 77.0 Å². The van der Waals surface area contributed by atoms with Crippen molar-refractivity contribution >= 4 is 0 Å². The van der Waals surface area contributed by atoms with Crippen molar-refractivity contribution in [1.29, 1.82) is 0 Å². The third-order valence-corrected chi connectivity index (χ3v) is 3.00. The minimum absolute atomic E-state index is 0. The average molecular weight is 200 g/mol. The lowest BCUT2D eigenvalue weighted by atomic mass is 10.0. The largest absolute Gasteiger partial charge is 0.0776 e. The molecule has 0 aliphatic heterocycles. The fraction of sp³-hybridized carbons (Fsp3) is 1.00.